The summed E-state index contributed by atoms with van der Waals surface area (Å²) in [5.74, 6) is 0.828. The third-order valence-electron chi connectivity index (χ3n) is 10.7. The summed E-state index contributed by atoms with van der Waals surface area (Å²) in [6, 6.07) is 57.3. The minimum absolute atomic E-state index is 0. The molecule has 10 rings (SSSR count). The van der Waals surface area contributed by atoms with Crippen molar-refractivity contribution in [1.29, 1.82) is 0 Å². The van der Waals surface area contributed by atoms with Gasteiger partial charge in [0.2, 0.25) is 0 Å². The Bertz CT molecular complexity index is 3040. The van der Waals surface area contributed by atoms with Crippen LogP contribution in [-0.2, 0) is 26.5 Å². The number of pyridine rings is 1. The zero-order chi connectivity index (χ0) is 36.4. The molecule has 0 atom stereocenters. The van der Waals surface area contributed by atoms with Gasteiger partial charge < -0.3 is 9.52 Å². The Morgan fingerprint density at radius 2 is 1.31 bits per heavy atom. The maximum absolute atomic E-state index is 11.1. The monoisotopic (exact) mass is 891 g/mol. The van der Waals surface area contributed by atoms with Gasteiger partial charge in [0.25, 0.3) is 0 Å². The molecule has 3 heterocycles. The molecule has 10 aromatic rings. The maximum Gasteiger partial charge on any atom is 0.148 e. The quantitative estimate of drug-likeness (QED) is 0.169. The van der Waals surface area contributed by atoms with E-state index in [0.29, 0.717) is 11.4 Å². The Balaban J connectivity index is 0.00000397. The van der Waals surface area contributed by atoms with Crippen LogP contribution in [0.2, 0.25) is 0 Å². The van der Waals surface area contributed by atoms with Crippen LogP contribution in [0.5, 0.6) is 5.75 Å². The van der Waals surface area contributed by atoms with E-state index in [1.807, 2.05) is 48.7 Å². The summed E-state index contributed by atoms with van der Waals surface area (Å²) in [5.41, 5.74) is 10.2. The average molecular weight is 892 g/mol. The predicted octanol–water partition coefficient (Wildman–Crippen LogP) is 12.3. The second-order valence-electron chi connectivity index (χ2n) is 14.3. The van der Waals surface area contributed by atoms with Crippen LogP contribution in [0.25, 0.3) is 83.2 Å². The topological polar surface area (TPSA) is 64.1 Å². The molecule has 0 bridgehead atoms. The van der Waals surface area contributed by atoms with Crippen molar-refractivity contribution in [3.05, 3.63) is 181 Å². The number of aromatic nitrogens is 3. The standard InChI is InChI=1S/C49H34N3O2.Pt/c1-49(2,35-16-5-3-6-17-35)36-27-33(26-34(28-36)45-47-39(24-25-50-45)41-29-31-14-9-10-15-32(31)30-44(41)54-47)38-21-13-22-42-46(38)51-48(40-20-11-12-23-43(40)53)52(42)37-18-7-4-8-19-37;/h3-25,27-30,53H,1-2H3;/q-1;. The van der Waals surface area contributed by atoms with Crippen molar-refractivity contribution in [2.75, 3.05) is 0 Å². The number of phenolic OH excluding ortho intramolecular Hbond substituents is 1. The van der Waals surface area contributed by atoms with Crippen LogP contribution >= 0.6 is 0 Å². The van der Waals surface area contributed by atoms with Gasteiger partial charge in [-0.3, -0.25) is 9.55 Å². The zero-order valence-electron chi connectivity index (χ0n) is 30.1. The first-order valence-corrected chi connectivity index (χ1v) is 18.1. The van der Waals surface area contributed by atoms with Gasteiger partial charge in [-0.15, -0.1) is 29.3 Å². The molecule has 0 saturated carbocycles. The first-order chi connectivity index (χ1) is 26.4. The van der Waals surface area contributed by atoms with Gasteiger partial charge in [-0.25, -0.2) is 4.98 Å². The summed E-state index contributed by atoms with van der Waals surface area (Å²) < 4.78 is 8.80. The van der Waals surface area contributed by atoms with Crippen molar-refractivity contribution >= 4 is 43.7 Å². The molecule has 0 aliphatic heterocycles. The third-order valence-corrected chi connectivity index (χ3v) is 10.7. The molecule has 0 aliphatic rings. The molecule has 1 N–H and O–H groups in total. The Morgan fingerprint density at radius 3 is 2.09 bits per heavy atom. The SMILES string of the molecule is CC(C)(c1ccccc1)c1cc(-c2cccc3c2nc(-c2ccccc2O)n3-c2ccccc2)[c-]c(-c2nccc3c2oc2cc4ccccc4cc23)c1.[Pt]. The number of hydrogen-bond donors (Lipinski definition) is 1. The number of rotatable bonds is 6. The van der Waals surface area contributed by atoms with E-state index < -0.39 is 0 Å². The number of para-hydroxylation sites is 3. The number of phenols is 1. The van der Waals surface area contributed by atoms with Crippen LogP contribution in [0, 0.1) is 6.07 Å². The van der Waals surface area contributed by atoms with E-state index in [4.69, 9.17) is 14.4 Å². The minimum Gasteiger partial charge on any atom is -0.507 e. The number of furan rings is 1. The molecule has 0 unspecified atom stereocenters. The first kappa shape index (κ1) is 34.5. The summed E-state index contributed by atoms with van der Waals surface area (Å²) in [4.78, 5) is 10.3. The van der Waals surface area contributed by atoms with Gasteiger partial charge >= 0.3 is 0 Å². The van der Waals surface area contributed by atoms with Crippen molar-refractivity contribution in [1.82, 2.24) is 14.5 Å². The van der Waals surface area contributed by atoms with E-state index in [1.165, 1.54) is 5.56 Å². The maximum atomic E-state index is 11.1. The number of imidazole rings is 1. The second kappa shape index (κ2) is 13.5. The van der Waals surface area contributed by atoms with Gasteiger partial charge in [0, 0.05) is 54.8 Å². The molecule has 55 heavy (non-hydrogen) atoms. The van der Waals surface area contributed by atoms with Gasteiger partial charge in [-0.05, 0) is 64.9 Å². The van der Waals surface area contributed by atoms with Crippen molar-refractivity contribution in [2.24, 2.45) is 0 Å². The fraction of sp³-hybridized carbons (Fsp3) is 0.0612. The summed E-state index contributed by atoms with van der Waals surface area (Å²) >= 11 is 0. The predicted molar refractivity (Wildman–Crippen MR) is 219 cm³/mol. The fourth-order valence-corrected chi connectivity index (χ4v) is 7.80. The van der Waals surface area contributed by atoms with E-state index in [-0.39, 0.29) is 32.2 Å². The molecule has 0 radical (unpaired) electrons. The number of aromatic hydroxyl groups is 1. The minimum atomic E-state index is -0.363. The van der Waals surface area contributed by atoms with Crippen molar-refractivity contribution in [2.45, 2.75) is 19.3 Å². The molecular weight excluding hydrogens is 858 g/mol. The van der Waals surface area contributed by atoms with Crippen LogP contribution in [0.3, 0.4) is 0 Å². The Kier molecular flexibility index (Phi) is 8.48. The number of fused-ring (bicyclic) bond motifs is 5. The zero-order valence-corrected chi connectivity index (χ0v) is 32.4. The van der Waals surface area contributed by atoms with Crippen LogP contribution < -0.4 is 0 Å². The van der Waals surface area contributed by atoms with E-state index in [9.17, 15) is 5.11 Å². The molecule has 0 saturated heterocycles. The normalized spacial score (nSPS) is 11.7. The number of benzene rings is 7. The van der Waals surface area contributed by atoms with Crippen LogP contribution in [0.15, 0.2) is 168 Å². The molecule has 5 nitrogen and oxygen atoms in total. The average Bonchev–Trinajstić information content (AvgIpc) is 3.79. The van der Waals surface area contributed by atoms with Crippen molar-refractivity contribution in [3.8, 4) is 45.2 Å². The molecule has 7 aromatic carbocycles. The molecule has 6 heteroatoms. The van der Waals surface area contributed by atoms with Crippen molar-refractivity contribution < 1.29 is 30.6 Å². The van der Waals surface area contributed by atoms with Crippen LogP contribution in [-0.4, -0.2) is 19.6 Å². The van der Waals surface area contributed by atoms with Crippen LogP contribution in [0.1, 0.15) is 25.0 Å². The molecule has 0 aliphatic carbocycles. The van der Waals surface area contributed by atoms with Crippen LogP contribution in [0.4, 0.5) is 0 Å². The van der Waals surface area contributed by atoms with Gasteiger partial charge in [0.1, 0.15) is 22.7 Å². The summed E-state index contributed by atoms with van der Waals surface area (Å²) in [5, 5.41) is 15.4. The second-order valence-corrected chi connectivity index (χ2v) is 14.3. The molecule has 3 aromatic heterocycles. The summed E-state index contributed by atoms with van der Waals surface area (Å²) in [6.45, 7) is 4.51. The van der Waals surface area contributed by atoms with Gasteiger partial charge in [-0.2, -0.15) is 0 Å². The van der Waals surface area contributed by atoms with Gasteiger partial charge in [0.15, 0.2) is 0 Å². The molecule has 0 amide bonds. The summed E-state index contributed by atoms with van der Waals surface area (Å²) in [6.07, 6.45) is 1.87. The first-order valence-electron chi connectivity index (χ1n) is 18.1. The Labute approximate surface area is 332 Å². The van der Waals surface area contributed by atoms with E-state index >= 15 is 0 Å². The smallest absolute Gasteiger partial charge is 0.148 e. The Morgan fingerprint density at radius 1 is 0.636 bits per heavy atom. The van der Waals surface area contributed by atoms with E-state index in [1.54, 1.807) is 6.07 Å². The Hall–Kier alpha value is -6.29. The van der Waals surface area contributed by atoms with Gasteiger partial charge in [0.05, 0.1) is 16.6 Å². The molecule has 0 fully saturated rings. The summed E-state index contributed by atoms with van der Waals surface area (Å²) in [7, 11) is 0. The molecular formula is C49H34N3O2Pt-. The van der Waals surface area contributed by atoms with Gasteiger partial charge in [-0.1, -0.05) is 122 Å². The van der Waals surface area contributed by atoms with E-state index in [0.717, 1.165) is 77.4 Å². The largest absolute Gasteiger partial charge is 0.507 e. The number of nitrogens with zero attached hydrogens (tertiary/aromatic N) is 3. The van der Waals surface area contributed by atoms with Crippen molar-refractivity contribution in [3.63, 3.8) is 0 Å². The number of hydrogen-bond acceptors (Lipinski definition) is 4. The third kappa shape index (κ3) is 5.75. The van der Waals surface area contributed by atoms with E-state index in [2.05, 4.69) is 134 Å². The molecule has 268 valence electrons. The molecule has 0 spiro atoms. The fourth-order valence-electron chi connectivity index (χ4n) is 7.80.